The lowest BCUT2D eigenvalue weighted by Gasteiger charge is -2.37. The smallest absolute Gasteiger partial charge is 0.0354 e. The van der Waals surface area contributed by atoms with Gasteiger partial charge in [0.2, 0.25) is 0 Å². The van der Waals surface area contributed by atoms with Crippen LogP contribution in [0.15, 0.2) is 60.7 Å². The third kappa shape index (κ3) is 1.54. The van der Waals surface area contributed by atoms with Crippen molar-refractivity contribution in [2.24, 2.45) is 0 Å². The van der Waals surface area contributed by atoms with Gasteiger partial charge in [-0.25, -0.2) is 0 Å². The summed E-state index contributed by atoms with van der Waals surface area (Å²) in [6.07, 6.45) is 7.88. The molecule has 0 aliphatic heterocycles. The molecule has 0 heteroatoms. The van der Waals surface area contributed by atoms with Crippen molar-refractivity contribution >= 4 is 6.08 Å². The highest BCUT2D eigenvalue weighted by Crippen LogP contribution is 2.49. The maximum Gasteiger partial charge on any atom is 0.0354 e. The van der Waals surface area contributed by atoms with Gasteiger partial charge in [-0.2, -0.15) is 0 Å². The molecule has 0 nitrogen and oxygen atoms in total. The van der Waals surface area contributed by atoms with Crippen LogP contribution in [0.5, 0.6) is 0 Å². The second-order valence-electron chi connectivity index (χ2n) is 7.29. The van der Waals surface area contributed by atoms with Crippen molar-refractivity contribution in [2.45, 2.75) is 25.2 Å². The fraction of sp³-hybridized carbons (Fsp3) is 0.167. The molecule has 0 saturated carbocycles. The Morgan fingerprint density at radius 3 is 2.33 bits per heavy atom. The highest BCUT2D eigenvalue weighted by molar-refractivity contribution is 5.70. The fourth-order valence-corrected chi connectivity index (χ4v) is 5.12. The first kappa shape index (κ1) is 12.8. The summed E-state index contributed by atoms with van der Waals surface area (Å²) in [4.78, 5) is 0. The second-order valence-corrected chi connectivity index (χ2v) is 7.29. The van der Waals surface area contributed by atoms with E-state index in [1.165, 1.54) is 33.4 Å². The molecule has 1 unspecified atom stereocenters. The van der Waals surface area contributed by atoms with E-state index in [0.29, 0.717) is 5.92 Å². The lowest BCUT2D eigenvalue weighted by molar-refractivity contribution is 0.814. The Kier molecular flexibility index (Phi) is 2.38. The predicted octanol–water partition coefficient (Wildman–Crippen LogP) is 5.24. The van der Waals surface area contributed by atoms with Crippen molar-refractivity contribution in [1.29, 1.82) is 0 Å². The number of benzene rings is 3. The Morgan fingerprint density at radius 1 is 0.667 bits per heavy atom. The molecule has 3 aliphatic carbocycles. The van der Waals surface area contributed by atoms with Crippen molar-refractivity contribution in [3.05, 3.63) is 111 Å². The first-order valence-electron chi connectivity index (χ1n) is 8.90. The molecule has 0 amide bonds. The van der Waals surface area contributed by atoms with E-state index in [0.717, 1.165) is 19.3 Å². The summed E-state index contributed by atoms with van der Waals surface area (Å²) in [5.41, 5.74) is 13.8. The molecule has 0 bridgehead atoms. The van der Waals surface area contributed by atoms with Gasteiger partial charge in [-0.1, -0.05) is 66.7 Å². The van der Waals surface area contributed by atoms with Crippen LogP contribution in [0, 0.1) is 0 Å². The zero-order chi connectivity index (χ0) is 15.7. The first-order valence-corrected chi connectivity index (χ1v) is 8.90. The number of hydrogen-bond acceptors (Lipinski definition) is 0. The monoisotopic (exact) mass is 306 g/mol. The SMILES string of the molecule is C1=Cc2ccc3c(c2C1)C1c2ccccc2Cc2cccc(c21)C3. The molecular weight excluding hydrogens is 288 g/mol. The molecule has 0 radical (unpaired) electrons. The Hall–Kier alpha value is -2.60. The van der Waals surface area contributed by atoms with E-state index < -0.39 is 0 Å². The molecule has 0 fully saturated rings. The van der Waals surface area contributed by atoms with E-state index in [2.05, 4.69) is 66.7 Å². The molecule has 24 heavy (non-hydrogen) atoms. The van der Waals surface area contributed by atoms with E-state index in [1.807, 2.05) is 0 Å². The molecule has 6 rings (SSSR count). The van der Waals surface area contributed by atoms with Gasteiger partial charge in [0.05, 0.1) is 0 Å². The molecular formula is C24H18. The van der Waals surface area contributed by atoms with Crippen molar-refractivity contribution in [3.8, 4) is 0 Å². The minimum atomic E-state index is 0.430. The highest BCUT2D eigenvalue weighted by Gasteiger charge is 2.35. The van der Waals surface area contributed by atoms with Crippen LogP contribution < -0.4 is 0 Å². The molecule has 0 aromatic heterocycles. The van der Waals surface area contributed by atoms with Crippen LogP contribution in [0.1, 0.15) is 56.0 Å². The van der Waals surface area contributed by atoms with E-state index >= 15 is 0 Å². The molecule has 1 atom stereocenters. The van der Waals surface area contributed by atoms with Gasteiger partial charge in [0.25, 0.3) is 0 Å². The maximum absolute atomic E-state index is 2.37. The lowest BCUT2D eigenvalue weighted by Crippen LogP contribution is -2.23. The quantitative estimate of drug-likeness (QED) is 0.367. The Balaban J connectivity index is 1.73. The number of fused-ring (bicyclic) bond motifs is 6. The molecule has 3 aliphatic rings. The third-order valence-electron chi connectivity index (χ3n) is 6.09. The van der Waals surface area contributed by atoms with Gasteiger partial charge in [-0.15, -0.1) is 0 Å². The van der Waals surface area contributed by atoms with Gasteiger partial charge in [0.15, 0.2) is 0 Å². The largest absolute Gasteiger partial charge is 0.0795 e. The van der Waals surface area contributed by atoms with Gasteiger partial charge >= 0.3 is 0 Å². The summed E-state index contributed by atoms with van der Waals surface area (Å²) in [6, 6.07) is 20.7. The van der Waals surface area contributed by atoms with Crippen molar-refractivity contribution in [2.75, 3.05) is 0 Å². The number of hydrogen-bond donors (Lipinski definition) is 0. The van der Waals surface area contributed by atoms with Gasteiger partial charge < -0.3 is 0 Å². The summed E-state index contributed by atoms with van der Waals surface area (Å²) in [5, 5.41) is 0. The van der Waals surface area contributed by atoms with E-state index in [-0.39, 0.29) is 0 Å². The van der Waals surface area contributed by atoms with Gasteiger partial charge in [0.1, 0.15) is 0 Å². The summed E-state index contributed by atoms with van der Waals surface area (Å²) in [7, 11) is 0. The van der Waals surface area contributed by atoms with Crippen molar-refractivity contribution in [1.82, 2.24) is 0 Å². The Labute approximate surface area is 142 Å². The third-order valence-corrected chi connectivity index (χ3v) is 6.09. The maximum atomic E-state index is 2.37. The van der Waals surface area contributed by atoms with Crippen LogP contribution in [0.2, 0.25) is 0 Å². The Morgan fingerprint density at radius 2 is 1.42 bits per heavy atom. The molecule has 0 heterocycles. The first-order chi connectivity index (χ1) is 11.9. The average molecular weight is 306 g/mol. The average Bonchev–Trinajstić information content (AvgIpc) is 3.10. The van der Waals surface area contributed by atoms with E-state index in [1.54, 1.807) is 16.7 Å². The van der Waals surface area contributed by atoms with Crippen LogP contribution in [0.4, 0.5) is 0 Å². The summed E-state index contributed by atoms with van der Waals surface area (Å²) in [5.74, 6) is 0.430. The van der Waals surface area contributed by atoms with Gasteiger partial charge in [-0.3, -0.25) is 0 Å². The topological polar surface area (TPSA) is 0 Å². The van der Waals surface area contributed by atoms with Crippen molar-refractivity contribution < 1.29 is 0 Å². The van der Waals surface area contributed by atoms with Crippen molar-refractivity contribution in [3.63, 3.8) is 0 Å². The molecule has 0 spiro atoms. The zero-order valence-electron chi connectivity index (χ0n) is 13.5. The van der Waals surface area contributed by atoms with E-state index in [9.17, 15) is 0 Å². The van der Waals surface area contributed by atoms with Crippen LogP contribution in [-0.4, -0.2) is 0 Å². The van der Waals surface area contributed by atoms with E-state index in [4.69, 9.17) is 0 Å². The van der Waals surface area contributed by atoms with Crippen LogP contribution >= 0.6 is 0 Å². The minimum absolute atomic E-state index is 0.430. The second kappa shape index (κ2) is 4.48. The molecule has 3 aromatic carbocycles. The number of allylic oxidation sites excluding steroid dienone is 1. The summed E-state index contributed by atoms with van der Waals surface area (Å²) >= 11 is 0. The fourth-order valence-electron chi connectivity index (χ4n) is 5.12. The highest BCUT2D eigenvalue weighted by atomic mass is 14.4. The van der Waals surface area contributed by atoms with Gasteiger partial charge in [0, 0.05) is 5.92 Å². The predicted molar refractivity (Wildman–Crippen MR) is 98.6 cm³/mol. The summed E-state index contributed by atoms with van der Waals surface area (Å²) < 4.78 is 0. The molecule has 0 saturated heterocycles. The normalized spacial score (nSPS) is 18.6. The molecule has 114 valence electrons. The van der Waals surface area contributed by atoms with Gasteiger partial charge in [-0.05, 0) is 69.3 Å². The summed E-state index contributed by atoms with van der Waals surface area (Å²) in [6.45, 7) is 0. The molecule has 3 aromatic rings. The zero-order valence-corrected chi connectivity index (χ0v) is 13.5. The van der Waals surface area contributed by atoms with Crippen LogP contribution in [0.25, 0.3) is 6.08 Å². The Bertz CT molecular complexity index is 1020. The standard InChI is InChI=1S/C24H18/c1-2-9-21-16(5-1)13-17-7-3-8-18-14-19-12-11-15-6-4-10-20(15)23(19)24(21)22(17)18/h1-9,11-12,24H,10,13-14H2. The van der Waals surface area contributed by atoms with Crippen LogP contribution in [-0.2, 0) is 19.3 Å². The van der Waals surface area contributed by atoms with Crippen LogP contribution in [0.3, 0.4) is 0 Å². The lowest BCUT2D eigenvalue weighted by atomic mass is 9.66. The minimum Gasteiger partial charge on any atom is -0.0795 e. The number of rotatable bonds is 0. The molecule has 0 N–H and O–H groups in total.